The highest BCUT2D eigenvalue weighted by Crippen LogP contribution is 2.33. The van der Waals surface area contributed by atoms with E-state index < -0.39 is 10.0 Å². The molecule has 0 radical (unpaired) electrons. The maximum atomic E-state index is 13.0. The normalized spacial score (nSPS) is 20.5. The van der Waals surface area contributed by atoms with Gasteiger partial charge in [0.2, 0.25) is 5.03 Å². The summed E-state index contributed by atoms with van der Waals surface area (Å²) in [6.45, 7) is 4.34. The fourth-order valence-electron chi connectivity index (χ4n) is 3.38. The van der Waals surface area contributed by atoms with E-state index in [1.165, 1.54) is 16.0 Å². The Bertz CT molecular complexity index is 995. The first-order chi connectivity index (χ1) is 13.5. The molecule has 1 saturated heterocycles. The lowest BCUT2D eigenvalue weighted by molar-refractivity contribution is 0.0212. The molecule has 0 amide bonds. The van der Waals surface area contributed by atoms with Gasteiger partial charge in [-0.2, -0.15) is 13.5 Å². The first-order valence-electron chi connectivity index (χ1n) is 9.11. The molecule has 0 spiro atoms. The highest BCUT2D eigenvalue weighted by Gasteiger charge is 2.36. The van der Waals surface area contributed by atoms with E-state index in [0.717, 1.165) is 32.8 Å². The van der Waals surface area contributed by atoms with Crippen molar-refractivity contribution < 1.29 is 18.0 Å². The van der Waals surface area contributed by atoms with Crippen molar-refractivity contribution >= 4 is 21.4 Å². The van der Waals surface area contributed by atoms with Gasteiger partial charge in [-0.15, -0.1) is 0 Å². The van der Waals surface area contributed by atoms with Crippen LogP contribution in [0.5, 0.6) is 0 Å². The third-order valence-electron chi connectivity index (χ3n) is 4.91. The van der Waals surface area contributed by atoms with E-state index >= 15 is 0 Å². The van der Waals surface area contributed by atoms with E-state index in [1.807, 2.05) is 12.1 Å². The summed E-state index contributed by atoms with van der Waals surface area (Å²) >= 11 is 0. The number of benzene rings is 1. The number of hydrogen-bond acceptors (Lipinski definition) is 7. The van der Waals surface area contributed by atoms with Crippen LogP contribution in [0.4, 0.5) is 5.69 Å². The first kappa shape index (κ1) is 18.9. The van der Waals surface area contributed by atoms with E-state index in [0.29, 0.717) is 29.1 Å². The van der Waals surface area contributed by atoms with Crippen LogP contribution in [0.15, 0.2) is 40.6 Å². The second-order valence-corrected chi connectivity index (χ2v) is 8.62. The lowest BCUT2D eigenvalue weighted by Crippen LogP contribution is -2.38. The number of anilines is 1. The van der Waals surface area contributed by atoms with Gasteiger partial charge in [-0.25, -0.2) is 0 Å². The Morgan fingerprint density at radius 1 is 1.18 bits per heavy atom. The summed E-state index contributed by atoms with van der Waals surface area (Å²) in [5.74, 6) is 0. The van der Waals surface area contributed by atoms with Crippen LogP contribution in [-0.2, 0) is 26.6 Å². The van der Waals surface area contributed by atoms with Gasteiger partial charge in [-0.05, 0) is 6.07 Å². The quantitative estimate of drug-likeness (QED) is 0.548. The Kier molecular flexibility index (Phi) is 5.09. The van der Waals surface area contributed by atoms with Crippen molar-refractivity contribution in [3.8, 4) is 0 Å². The Labute approximate surface area is 164 Å². The molecule has 4 rings (SSSR count). The number of oxime groups is 1. The van der Waals surface area contributed by atoms with Gasteiger partial charge in [0.05, 0.1) is 24.5 Å². The lowest BCUT2D eigenvalue weighted by Gasteiger charge is -2.25. The van der Waals surface area contributed by atoms with E-state index in [4.69, 9.17) is 9.57 Å². The molecular formula is C18H23N5O4S. The molecule has 2 aliphatic heterocycles. The number of aryl methyl sites for hydroxylation is 1. The van der Waals surface area contributed by atoms with Crippen molar-refractivity contribution in [2.45, 2.75) is 5.03 Å². The van der Waals surface area contributed by atoms with Crippen LogP contribution in [0.2, 0.25) is 0 Å². The highest BCUT2D eigenvalue weighted by molar-refractivity contribution is 7.92. The number of fused-ring (bicyclic) bond motifs is 2. The molecule has 150 valence electrons. The van der Waals surface area contributed by atoms with E-state index in [9.17, 15) is 8.42 Å². The molecule has 1 aromatic carbocycles. The van der Waals surface area contributed by atoms with Gasteiger partial charge in [-0.3, -0.25) is 13.9 Å². The zero-order valence-electron chi connectivity index (χ0n) is 15.9. The van der Waals surface area contributed by atoms with Gasteiger partial charge in [0.1, 0.15) is 12.3 Å². The average molecular weight is 405 g/mol. The summed E-state index contributed by atoms with van der Waals surface area (Å²) in [6, 6.07) is 7.24. The molecule has 0 aliphatic carbocycles. The van der Waals surface area contributed by atoms with Crippen LogP contribution in [0.25, 0.3) is 0 Å². The van der Waals surface area contributed by atoms with E-state index in [-0.39, 0.29) is 5.03 Å². The van der Waals surface area contributed by atoms with Crippen LogP contribution in [0, 0.1) is 0 Å². The number of sulfonamides is 1. The second kappa shape index (κ2) is 7.53. The largest absolute Gasteiger partial charge is 0.394 e. The average Bonchev–Trinajstić information content (AvgIpc) is 3.08. The molecule has 0 atom stereocenters. The molecule has 2 aliphatic rings. The molecule has 10 heteroatoms. The number of aromatic nitrogens is 2. The molecule has 0 N–H and O–H groups in total. The monoisotopic (exact) mass is 405 g/mol. The molecule has 9 nitrogen and oxygen atoms in total. The minimum absolute atomic E-state index is 0.0239. The van der Waals surface area contributed by atoms with Gasteiger partial charge < -0.3 is 9.57 Å². The van der Waals surface area contributed by atoms with Crippen LogP contribution in [0.3, 0.4) is 0 Å². The Morgan fingerprint density at radius 2 is 1.93 bits per heavy atom. The smallest absolute Gasteiger partial charge is 0.284 e. The molecule has 0 saturated carbocycles. The van der Waals surface area contributed by atoms with Crippen molar-refractivity contribution in [3.63, 3.8) is 0 Å². The number of morpholine rings is 1. The maximum absolute atomic E-state index is 13.0. The summed E-state index contributed by atoms with van der Waals surface area (Å²) in [7, 11) is -0.577. The fraction of sp³-hybridized carbons (Fsp3) is 0.444. The third-order valence-corrected chi connectivity index (χ3v) is 6.62. The Morgan fingerprint density at radius 3 is 2.71 bits per heavy atom. The summed E-state index contributed by atoms with van der Waals surface area (Å²) < 4.78 is 34.1. The molecule has 0 bridgehead atoms. The van der Waals surface area contributed by atoms with Crippen molar-refractivity contribution in [1.82, 2.24) is 14.7 Å². The molecular weight excluding hydrogens is 382 g/mol. The second-order valence-electron chi connectivity index (χ2n) is 6.74. The predicted octanol–water partition coefficient (Wildman–Crippen LogP) is 0.660. The minimum atomic E-state index is -3.79. The van der Waals surface area contributed by atoms with Crippen LogP contribution < -0.4 is 4.31 Å². The summed E-state index contributed by atoms with van der Waals surface area (Å²) in [5.41, 5.74) is 2.13. The van der Waals surface area contributed by atoms with Crippen molar-refractivity contribution in [2.75, 3.05) is 50.8 Å². The van der Waals surface area contributed by atoms with Crippen LogP contribution >= 0.6 is 0 Å². The van der Waals surface area contributed by atoms with E-state index in [2.05, 4.69) is 15.2 Å². The lowest BCUT2D eigenvalue weighted by atomic mass is 10.0. The topological polar surface area (TPSA) is 89.3 Å². The zero-order valence-corrected chi connectivity index (χ0v) is 16.7. The molecule has 3 heterocycles. The van der Waals surface area contributed by atoms with Gasteiger partial charge in [0, 0.05) is 45.5 Å². The van der Waals surface area contributed by atoms with Crippen molar-refractivity contribution in [3.05, 3.63) is 41.6 Å². The molecule has 2 aromatic rings. The summed E-state index contributed by atoms with van der Waals surface area (Å²) in [4.78, 5) is 7.86. The number of rotatable bonds is 4. The first-order valence-corrected chi connectivity index (χ1v) is 10.5. The standard InChI is InChI=1S/C18H23N5O4S/c1-21-13-15-17(20-27-12-9-23-7-10-26-11-8-23)14-5-3-4-6-16(14)22(2)28(24,25)18(15)19-21/h3-6,13H,7-12H2,1-2H3/b20-17-. The summed E-state index contributed by atoms with van der Waals surface area (Å²) in [6.07, 6.45) is 1.66. The fourth-order valence-corrected chi connectivity index (χ4v) is 4.71. The van der Waals surface area contributed by atoms with Gasteiger partial charge >= 0.3 is 0 Å². The Hall–Kier alpha value is -2.43. The van der Waals surface area contributed by atoms with Gasteiger partial charge in [0.25, 0.3) is 10.0 Å². The van der Waals surface area contributed by atoms with Gasteiger partial charge in [0.15, 0.2) is 0 Å². The number of hydrogen-bond donors (Lipinski definition) is 0. The van der Waals surface area contributed by atoms with Crippen molar-refractivity contribution in [1.29, 1.82) is 0 Å². The third kappa shape index (κ3) is 3.38. The number of ether oxygens (including phenoxy) is 1. The molecule has 1 fully saturated rings. The zero-order chi connectivity index (χ0) is 19.7. The predicted molar refractivity (Wildman–Crippen MR) is 104 cm³/mol. The van der Waals surface area contributed by atoms with Crippen LogP contribution in [0.1, 0.15) is 11.1 Å². The molecule has 0 unspecified atom stereocenters. The SMILES string of the molecule is CN1c2ccccc2/C(=N/OCCN2CCOCC2)c2cn(C)nc2S1(=O)=O. The number of nitrogens with zero attached hydrogens (tertiary/aromatic N) is 5. The number of para-hydroxylation sites is 1. The highest BCUT2D eigenvalue weighted by atomic mass is 32.2. The van der Waals surface area contributed by atoms with Crippen LogP contribution in [-0.4, -0.2) is 75.3 Å². The molecule has 28 heavy (non-hydrogen) atoms. The van der Waals surface area contributed by atoms with E-state index in [1.54, 1.807) is 25.4 Å². The molecule has 1 aromatic heterocycles. The summed E-state index contributed by atoms with van der Waals surface area (Å²) in [5, 5.41) is 8.49. The van der Waals surface area contributed by atoms with Crippen molar-refractivity contribution in [2.24, 2.45) is 12.2 Å². The maximum Gasteiger partial charge on any atom is 0.284 e. The minimum Gasteiger partial charge on any atom is -0.394 e. The van der Waals surface area contributed by atoms with Gasteiger partial charge in [-0.1, -0.05) is 23.4 Å². The Balaban J connectivity index is 1.68.